The van der Waals surface area contributed by atoms with Gasteiger partial charge in [0, 0.05) is 35.6 Å². The van der Waals surface area contributed by atoms with Crippen LogP contribution in [0.2, 0.25) is 0 Å². The Bertz CT molecular complexity index is 1050. The molecule has 0 aliphatic carbocycles. The predicted molar refractivity (Wildman–Crippen MR) is 114 cm³/mol. The minimum absolute atomic E-state index is 0.0137. The summed E-state index contributed by atoms with van der Waals surface area (Å²) < 4.78 is 0. The summed E-state index contributed by atoms with van der Waals surface area (Å²) >= 11 is 0. The quantitative estimate of drug-likeness (QED) is 0.799. The normalized spacial score (nSPS) is 27.4. The van der Waals surface area contributed by atoms with Crippen LogP contribution in [0.15, 0.2) is 48.5 Å². The standard InChI is InChI=1S/C24H25N3O3/c1-15(28)16-9-11-17(12-10-16)25-22(29)20-14-18-6-5-13-27(18)24(20)19-7-3-4-8-21(19)26(2)23(24)30/h3-4,7-12,18,20H,5-6,13-14H2,1-2H3,(H,25,29)/t18-,20-,24+/m0/s1. The number of Topliss-reactive ketones (excluding diaryl/α,β-unsaturated/α-hetero) is 1. The zero-order valence-corrected chi connectivity index (χ0v) is 17.2. The predicted octanol–water partition coefficient (Wildman–Crippen LogP) is 3.18. The van der Waals surface area contributed by atoms with E-state index >= 15 is 0 Å². The Morgan fingerprint density at radius 3 is 2.57 bits per heavy atom. The fourth-order valence-corrected chi connectivity index (χ4v) is 5.69. The van der Waals surface area contributed by atoms with Crippen LogP contribution >= 0.6 is 0 Å². The van der Waals surface area contributed by atoms with E-state index < -0.39 is 11.5 Å². The molecule has 2 amide bonds. The lowest BCUT2D eigenvalue weighted by Gasteiger charge is -2.37. The Morgan fingerprint density at radius 1 is 1.10 bits per heavy atom. The number of carbonyl (C=O) groups is 3. The van der Waals surface area contributed by atoms with E-state index in [0.717, 1.165) is 30.6 Å². The minimum Gasteiger partial charge on any atom is -0.326 e. The number of hydrogen-bond donors (Lipinski definition) is 1. The van der Waals surface area contributed by atoms with Crippen LogP contribution in [0.4, 0.5) is 11.4 Å². The molecule has 0 saturated carbocycles. The third kappa shape index (κ3) is 2.50. The van der Waals surface area contributed by atoms with Gasteiger partial charge in [0.05, 0.1) is 5.92 Å². The molecule has 2 saturated heterocycles. The van der Waals surface area contributed by atoms with Crippen LogP contribution in [0, 0.1) is 5.92 Å². The molecule has 3 heterocycles. The second-order valence-corrected chi connectivity index (χ2v) is 8.55. The third-order valence-corrected chi connectivity index (χ3v) is 7.02. The van der Waals surface area contributed by atoms with Crippen molar-refractivity contribution in [2.45, 2.75) is 37.8 Å². The maximum atomic E-state index is 13.7. The maximum Gasteiger partial charge on any atom is 0.252 e. The highest BCUT2D eigenvalue weighted by Gasteiger charge is 2.66. The molecule has 3 aliphatic rings. The fourth-order valence-electron chi connectivity index (χ4n) is 5.69. The van der Waals surface area contributed by atoms with E-state index in [4.69, 9.17) is 0 Å². The van der Waals surface area contributed by atoms with Gasteiger partial charge in [-0.15, -0.1) is 0 Å². The largest absolute Gasteiger partial charge is 0.326 e. The molecule has 154 valence electrons. The van der Waals surface area contributed by atoms with Crippen molar-refractivity contribution >= 4 is 29.0 Å². The number of nitrogens with zero attached hydrogens (tertiary/aromatic N) is 2. The molecule has 0 radical (unpaired) electrons. The molecule has 1 spiro atoms. The first-order chi connectivity index (χ1) is 14.4. The van der Waals surface area contributed by atoms with Crippen LogP contribution in [-0.2, 0) is 15.1 Å². The zero-order chi connectivity index (χ0) is 21.0. The van der Waals surface area contributed by atoms with Gasteiger partial charge in [-0.2, -0.15) is 0 Å². The smallest absolute Gasteiger partial charge is 0.252 e. The van der Waals surface area contributed by atoms with Gasteiger partial charge in [-0.3, -0.25) is 19.3 Å². The highest BCUT2D eigenvalue weighted by Crippen LogP contribution is 2.56. The summed E-state index contributed by atoms with van der Waals surface area (Å²) in [6.45, 7) is 2.35. The molecule has 30 heavy (non-hydrogen) atoms. The number of fused-ring (bicyclic) bond motifs is 4. The highest BCUT2D eigenvalue weighted by molar-refractivity contribution is 6.11. The SMILES string of the molecule is CC(=O)c1ccc(NC(=O)[C@@H]2C[C@@H]3CCCN3[C@@]23C(=O)N(C)c2ccccc23)cc1. The maximum absolute atomic E-state index is 13.7. The van der Waals surface area contributed by atoms with Gasteiger partial charge in [-0.25, -0.2) is 0 Å². The molecule has 2 aromatic rings. The molecular formula is C24H25N3O3. The van der Waals surface area contributed by atoms with E-state index in [-0.39, 0.29) is 23.6 Å². The van der Waals surface area contributed by atoms with E-state index in [2.05, 4.69) is 10.2 Å². The van der Waals surface area contributed by atoms with Crippen LogP contribution in [0.25, 0.3) is 0 Å². The number of amides is 2. The third-order valence-electron chi connectivity index (χ3n) is 7.02. The number of benzene rings is 2. The Balaban J connectivity index is 1.54. The molecule has 0 aromatic heterocycles. The van der Waals surface area contributed by atoms with Crippen molar-refractivity contribution in [3.05, 3.63) is 59.7 Å². The average molecular weight is 403 g/mol. The second kappa shape index (κ2) is 6.77. The van der Waals surface area contributed by atoms with Crippen molar-refractivity contribution in [1.82, 2.24) is 4.90 Å². The lowest BCUT2D eigenvalue weighted by atomic mass is 9.78. The van der Waals surface area contributed by atoms with E-state index in [1.165, 1.54) is 6.92 Å². The van der Waals surface area contributed by atoms with Crippen LogP contribution < -0.4 is 10.2 Å². The van der Waals surface area contributed by atoms with Crippen molar-refractivity contribution in [2.75, 3.05) is 23.8 Å². The topological polar surface area (TPSA) is 69.7 Å². The van der Waals surface area contributed by atoms with E-state index in [1.807, 2.05) is 24.3 Å². The molecule has 3 aliphatic heterocycles. The Hall–Kier alpha value is -2.99. The molecule has 6 heteroatoms. The number of hydrogen-bond acceptors (Lipinski definition) is 4. The van der Waals surface area contributed by atoms with Crippen molar-refractivity contribution in [3.63, 3.8) is 0 Å². The summed E-state index contributed by atoms with van der Waals surface area (Å²) in [5, 5.41) is 3.01. The molecular weight excluding hydrogens is 378 g/mol. The molecule has 5 rings (SSSR count). The van der Waals surface area contributed by atoms with Gasteiger partial charge in [-0.05, 0) is 63.1 Å². The summed E-state index contributed by atoms with van der Waals surface area (Å²) in [6.07, 6.45) is 2.73. The number of ketones is 1. The lowest BCUT2D eigenvalue weighted by Crippen LogP contribution is -2.55. The highest BCUT2D eigenvalue weighted by atomic mass is 16.2. The molecule has 0 bridgehead atoms. The molecule has 3 atom stereocenters. The Kier molecular flexibility index (Phi) is 4.29. The zero-order valence-electron chi connectivity index (χ0n) is 17.2. The number of anilines is 2. The first-order valence-electron chi connectivity index (χ1n) is 10.5. The fraction of sp³-hybridized carbons (Fsp3) is 0.375. The van der Waals surface area contributed by atoms with Gasteiger partial charge < -0.3 is 10.2 Å². The van der Waals surface area contributed by atoms with Crippen molar-refractivity contribution in [1.29, 1.82) is 0 Å². The van der Waals surface area contributed by atoms with E-state index in [0.29, 0.717) is 17.7 Å². The average Bonchev–Trinajstić information content (AvgIpc) is 3.39. The lowest BCUT2D eigenvalue weighted by molar-refractivity contribution is -0.136. The van der Waals surface area contributed by atoms with Gasteiger partial charge in [0.15, 0.2) is 5.78 Å². The molecule has 1 N–H and O–H groups in total. The molecule has 2 fully saturated rings. The number of para-hydroxylation sites is 1. The first-order valence-corrected chi connectivity index (χ1v) is 10.5. The number of carbonyl (C=O) groups excluding carboxylic acids is 3. The van der Waals surface area contributed by atoms with E-state index in [9.17, 15) is 14.4 Å². The van der Waals surface area contributed by atoms with Crippen LogP contribution in [-0.4, -0.2) is 42.1 Å². The Morgan fingerprint density at radius 2 is 1.83 bits per heavy atom. The van der Waals surface area contributed by atoms with Crippen molar-refractivity contribution in [2.24, 2.45) is 5.92 Å². The first kappa shape index (κ1) is 19.0. The molecule has 2 aromatic carbocycles. The van der Waals surface area contributed by atoms with Crippen molar-refractivity contribution < 1.29 is 14.4 Å². The van der Waals surface area contributed by atoms with Gasteiger partial charge in [0.1, 0.15) is 5.54 Å². The Labute approximate surface area is 175 Å². The molecule has 6 nitrogen and oxygen atoms in total. The van der Waals surface area contributed by atoms with Crippen LogP contribution in [0.1, 0.15) is 42.1 Å². The van der Waals surface area contributed by atoms with E-state index in [1.54, 1.807) is 36.2 Å². The number of rotatable bonds is 3. The summed E-state index contributed by atoms with van der Waals surface area (Å²) in [5.74, 6) is -0.632. The molecule has 0 unspecified atom stereocenters. The summed E-state index contributed by atoms with van der Waals surface area (Å²) in [7, 11) is 1.80. The number of nitrogens with one attached hydrogen (secondary N) is 1. The van der Waals surface area contributed by atoms with Crippen molar-refractivity contribution in [3.8, 4) is 0 Å². The summed E-state index contributed by atoms with van der Waals surface area (Å²) in [6, 6.07) is 15.0. The van der Waals surface area contributed by atoms with Crippen LogP contribution in [0.5, 0.6) is 0 Å². The van der Waals surface area contributed by atoms with Gasteiger partial charge in [0.25, 0.3) is 5.91 Å². The minimum atomic E-state index is -0.935. The van der Waals surface area contributed by atoms with Gasteiger partial charge in [-0.1, -0.05) is 18.2 Å². The monoisotopic (exact) mass is 403 g/mol. The second-order valence-electron chi connectivity index (χ2n) is 8.55. The van der Waals surface area contributed by atoms with Crippen LogP contribution in [0.3, 0.4) is 0 Å². The number of likely N-dealkylation sites (N-methyl/N-ethyl adjacent to an activating group) is 1. The van der Waals surface area contributed by atoms with Gasteiger partial charge >= 0.3 is 0 Å². The van der Waals surface area contributed by atoms with Gasteiger partial charge in [0.2, 0.25) is 5.91 Å². The summed E-state index contributed by atoms with van der Waals surface area (Å²) in [5.41, 5.74) is 2.13. The summed E-state index contributed by atoms with van der Waals surface area (Å²) in [4.78, 5) is 42.7.